The van der Waals surface area contributed by atoms with E-state index in [0.717, 1.165) is 18.9 Å². The Morgan fingerprint density at radius 3 is 2.60 bits per heavy atom. The predicted molar refractivity (Wildman–Crippen MR) is 109 cm³/mol. The molecule has 5 N–H and O–H groups in total. The van der Waals surface area contributed by atoms with E-state index in [0.29, 0.717) is 0 Å². The molecule has 30 heavy (non-hydrogen) atoms. The minimum atomic E-state index is -3.01. The van der Waals surface area contributed by atoms with Crippen molar-refractivity contribution in [3.8, 4) is 0 Å². The van der Waals surface area contributed by atoms with Crippen LogP contribution in [0.25, 0.3) is 0 Å². The summed E-state index contributed by atoms with van der Waals surface area (Å²) < 4.78 is 30.6. The molecule has 1 aliphatic rings. The van der Waals surface area contributed by atoms with Gasteiger partial charge in [0.05, 0.1) is 20.3 Å². The largest absolute Gasteiger partial charge is 0.381 e. The Bertz CT molecular complexity index is 1140. The zero-order valence-corrected chi connectivity index (χ0v) is 17.3. The fraction of sp³-hybridized carbons (Fsp3) is 0.353. The van der Waals surface area contributed by atoms with Crippen LogP contribution in [0.5, 0.6) is 0 Å². The van der Waals surface area contributed by atoms with Gasteiger partial charge in [0.15, 0.2) is 23.1 Å². The molecule has 0 aromatic carbocycles. The maximum Gasteiger partial charge on any atom is 0.273 e. The number of nitrogens with zero attached hydrogens (tertiary/aromatic N) is 4. The Kier molecular flexibility index (Phi) is 5.82. The predicted octanol–water partition coefficient (Wildman–Crippen LogP) is 1.13. The maximum absolute atomic E-state index is 14.0. The van der Waals surface area contributed by atoms with Crippen LogP contribution in [-0.2, 0) is 14.5 Å². The van der Waals surface area contributed by atoms with E-state index < -0.39 is 27.3 Å². The van der Waals surface area contributed by atoms with Gasteiger partial charge in [0, 0.05) is 32.3 Å². The van der Waals surface area contributed by atoms with E-state index in [1.807, 2.05) is 0 Å². The second kappa shape index (κ2) is 8.18. The first-order chi connectivity index (χ1) is 14.2. The van der Waals surface area contributed by atoms with Gasteiger partial charge in [-0.25, -0.2) is 17.9 Å². The standard InChI is InChI=1S/C17H21FN8O3S/c1-20-17(28)13-10(7-12(25-26-13)23-16(27)8-4-5-8)22-15-11(30(3,29)21-2)6-9(18)14(19)24-15/h6-8H,4-5H2,1-3H3,(H,20,28)(H4,19,22,23,24,25,27). The molecule has 13 heteroatoms. The molecule has 0 bridgehead atoms. The lowest BCUT2D eigenvalue weighted by molar-refractivity contribution is -0.117. The molecular formula is C17H21FN8O3S. The molecule has 0 saturated heterocycles. The van der Waals surface area contributed by atoms with Crippen molar-refractivity contribution in [1.29, 1.82) is 0 Å². The number of pyridine rings is 1. The minimum Gasteiger partial charge on any atom is -0.381 e. The van der Waals surface area contributed by atoms with Gasteiger partial charge in [0.25, 0.3) is 5.91 Å². The Morgan fingerprint density at radius 1 is 1.30 bits per heavy atom. The molecule has 1 saturated carbocycles. The van der Waals surface area contributed by atoms with Crippen LogP contribution in [0.4, 0.5) is 27.5 Å². The van der Waals surface area contributed by atoms with Gasteiger partial charge in [-0.05, 0) is 18.9 Å². The highest BCUT2D eigenvalue weighted by molar-refractivity contribution is 7.93. The van der Waals surface area contributed by atoms with Crippen molar-refractivity contribution in [2.24, 2.45) is 10.3 Å². The first-order valence-corrected chi connectivity index (χ1v) is 10.8. The van der Waals surface area contributed by atoms with Crippen LogP contribution < -0.4 is 21.7 Å². The summed E-state index contributed by atoms with van der Waals surface area (Å²) in [5, 5.41) is 15.6. The van der Waals surface area contributed by atoms with Crippen molar-refractivity contribution < 1.29 is 18.2 Å². The zero-order valence-electron chi connectivity index (χ0n) is 16.5. The molecule has 1 aliphatic carbocycles. The Balaban J connectivity index is 2.08. The molecule has 0 radical (unpaired) electrons. The number of nitrogen functional groups attached to an aromatic ring is 1. The summed E-state index contributed by atoms with van der Waals surface area (Å²) in [5.41, 5.74) is 5.56. The smallest absolute Gasteiger partial charge is 0.273 e. The number of hydrogen-bond donors (Lipinski definition) is 4. The Labute approximate surface area is 172 Å². The number of rotatable bonds is 6. The van der Waals surface area contributed by atoms with Gasteiger partial charge in [-0.3, -0.25) is 9.59 Å². The molecule has 1 atom stereocenters. The molecule has 1 fully saturated rings. The molecule has 2 aromatic heterocycles. The topological polar surface area (TPSA) is 164 Å². The fourth-order valence-corrected chi connectivity index (χ4v) is 3.47. The monoisotopic (exact) mass is 436 g/mol. The van der Waals surface area contributed by atoms with E-state index in [4.69, 9.17) is 5.73 Å². The Morgan fingerprint density at radius 2 is 2.00 bits per heavy atom. The summed E-state index contributed by atoms with van der Waals surface area (Å²) >= 11 is 0. The van der Waals surface area contributed by atoms with E-state index in [9.17, 15) is 18.2 Å². The van der Waals surface area contributed by atoms with Crippen molar-refractivity contribution >= 4 is 44.7 Å². The summed E-state index contributed by atoms with van der Waals surface area (Å²) in [6.45, 7) is 0. The van der Waals surface area contributed by atoms with E-state index in [1.165, 1.54) is 26.4 Å². The third kappa shape index (κ3) is 4.45. The lowest BCUT2D eigenvalue weighted by atomic mass is 10.2. The fourth-order valence-electron chi connectivity index (χ4n) is 2.50. The van der Waals surface area contributed by atoms with Gasteiger partial charge < -0.3 is 21.7 Å². The molecule has 2 aromatic rings. The summed E-state index contributed by atoms with van der Waals surface area (Å²) in [4.78, 5) is 28.1. The normalized spacial score (nSPS) is 15.1. The van der Waals surface area contributed by atoms with Gasteiger partial charge in [0.2, 0.25) is 5.91 Å². The SMILES string of the molecule is CN=S(C)(=O)c1cc(F)c(N)nc1Nc1cc(NC(=O)C2CC2)nnc1C(=O)NC. The van der Waals surface area contributed by atoms with Crippen molar-refractivity contribution in [2.45, 2.75) is 17.7 Å². The number of carbonyl (C=O) groups is 2. The summed E-state index contributed by atoms with van der Waals surface area (Å²) in [7, 11) is -0.274. The van der Waals surface area contributed by atoms with Crippen LogP contribution in [0.3, 0.4) is 0 Å². The van der Waals surface area contributed by atoms with Crippen molar-refractivity contribution in [3.05, 3.63) is 23.6 Å². The molecule has 3 rings (SSSR count). The van der Waals surface area contributed by atoms with Gasteiger partial charge in [0.1, 0.15) is 5.82 Å². The minimum absolute atomic E-state index is 0.0417. The van der Waals surface area contributed by atoms with Crippen LogP contribution in [0, 0.1) is 11.7 Å². The number of hydrogen-bond acceptors (Lipinski definition) is 9. The zero-order chi connectivity index (χ0) is 22.1. The number of aromatic nitrogens is 3. The quantitative estimate of drug-likeness (QED) is 0.523. The van der Waals surface area contributed by atoms with E-state index >= 15 is 0 Å². The van der Waals surface area contributed by atoms with Crippen LogP contribution in [0.1, 0.15) is 23.3 Å². The molecule has 0 spiro atoms. The third-order valence-electron chi connectivity index (χ3n) is 4.41. The summed E-state index contributed by atoms with van der Waals surface area (Å²) in [6.07, 6.45) is 2.92. The maximum atomic E-state index is 14.0. The van der Waals surface area contributed by atoms with Gasteiger partial charge in [-0.2, -0.15) is 0 Å². The van der Waals surface area contributed by atoms with Crippen LogP contribution in [0.2, 0.25) is 0 Å². The molecule has 11 nitrogen and oxygen atoms in total. The number of carbonyl (C=O) groups excluding carboxylic acids is 2. The van der Waals surface area contributed by atoms with E-state index in [-0.39, 0.29) is 39.7 Å². The summed E-state index contributed by atoms with van der Waals surface area (Å²) in [5.74, 6) is -2.08. The van der Waals surface area contributed by atoms with Crippen molar-refractivity contribution in [2.75, 3.05) is 36.7 Å². The number of amides is 2. The van der Waals surface area contributed by atoms with E-state index in [1.54, 1.807) is 0 Å². The third-order valence-corrected chi connectivity index (χ3v) is 6.24. The molecule has 0 aliphatic heterocycles. The molecular weight excluding hydrogens is 415 g/mol. The first-order valence-electron chi connectivity index (χ1n) is 8.90. The second-order valence-electron chi connectivity index (χ2n) is 6.65. The highest BCUT2D eigenvalue weighted by atomic mass is 32.2. The first kappa shape index (κ1) is 21.4. The van der Waals surface area contributed by atoms with E-state index in [2.05, 4.69) is 35.5 Å². The van der Waals surface area contributed by atoms with Crippen LogP contribution in [0.15, 0.2) is 21.4 Å². The highest BCUT2D eigenvalue weighted by Gasteiger charge is 2.30. The van der Waals surface area contributed by atoms with Gasteiger partial charge in [-0.1, -0.05) is 0 Å². The van der Waals surface area contributed by atoms with Gasteiger partial charge in [-0.15, -0.1) is 10.2 Å². The summed E-state index contributed by atoms with van der Waals surface area (Å²) in [6, 6.07) is 2.35. The molecule has 2 amide bonds. The number of nitrogens with one attached hydrogen (secondary N) is 3. The average Bonchev–Trinajstić information content (AvgIpc) is 3.55. The molecule has 160 valence electrons. The second-order valence-corrected chi connectivity index (χ2v) is 9.06. The van der Waals surface area contributed by atoms with Crippen LogP contribution >= 0.6 is 0 Å². The Hall–Kier alpha value is -3.35. The number of halogens is 1. The average molecular weight is 436 g/mol. The lowest BCUT2D eigenvalue weighted by Gasteiger charge is -2.15. The molecule has 1 unspecified atom stereocenters. The highest BCUT2D eigenvalue weighted by Crippen LogP contribution is 2.31. The van der Waals surface area contributed by atoms with Crippen molar-refractivity contribution in [3.63, 3.8) is 0 Å². The lowest BCUT2D eigenvalue weighted by Crippen LogP contribution is -2.23. The van der Waals surface area contributed by atoms with Gasteiger partial charge >= 0.3 is 0 Å². The molecule has 2 heterocycles. The van der Waals surface area contributed by atoms with Crippen LogP contribution in [-0.4, -0.2) is 51.6 Å². The number of anilines is 4. The van der Waals surface area contributed by atoms with Crippen molar-refractivity contribution in [1.82, 2.24) is 20.5 Å². The number of nitrogens with two attached hydrogens (primary N) is 1.